The number of carbonyl (C=O) groups is 1. The van der Waals surface area contributed by atoms with Crippen LogP contribution < -0.4 is 4.74 Å². The minimum atomic E-state index is 0.742. The summed E-state index contributed by atoms with van der Waals surface area (Å²) in [5.41, 5.74) is 3.79. The van der Waals surface area contributed by atoms with E-state index in [1.165, 1.54) is 0 Å². The van der Waals surface area contributed by atoms with Crippen LogP contribution >= 0.6 is 0 Å². The van der Waals surface area contributed by atoms with Crippen molar-refractivity contribution >= 4 is 11.9 Å². The first kappa shape index (κ1) is 11.5. The standard InChI is InChI=1S/C13H16O2/c1-9(2)13(8-14)12-7-11(15-4)6-5-10(12)3/h5-8H,1-4H3. The summed E-state index contributed by atoms with van der Waals surface area (Å²) < 4.78 is 5.15. The van der Waals surface area contributed by atoms with Crippen LogP contribution in [0.5, 0.6) is 5.75 Å². The summed E-state index contributed by atoms with van der Waals surface area (Å²) in [4.78, 5) is 11.0. The zero-order valence-electron chi connectivity index (χ0n) is 9.63. The first-order valence-corrected chi connectivity index (χ1v) is 4.87. The van der Waals surface area contributed by atoms with Crippen LogP contribution in [0, 0.1) is 6.92 Å². The third-order valence-electron chi connectivity index (χ3n) is 2.39. The topological polar surface area (TPSA) is 26.3 Å². The number of aryl methyl sites for hydroxylation is 1. The number of ether oxygens (including phenoxy) is 1. The maximum Gasteiger partial charge on any atom is 0.150 e. The summed E-state index contributed by atoms with van der Waals surface area (Å²) in [6, 6.07) is 5.75. The van der Waals surface area contributed by atoms with Crippen LogP contribution in [0.2, 0.25) is 0 Å². The van der Waals surface area contributed by atoms with E-state index in [1.807, 2.05) is 39.0 Å². The van der Waals surface area contributed by atoms with Gasteiger partial charge in [0.1, 0.15) is 5.75 Å². The monoisotopic (exact) mass is 204 g/mol. The maximum absolute atomic E-state index is 11.0. The number of hydrogen-bond acceptors (Lipinski definition) is 2. The Morgan fingerprint density at radius 1 is 1.33 bits per heavy atom. The van der Waals surface area contributed by atoms with Gasteiger partial charge in [-0.2, -0.15) is 0 Å². The highest BCUT2D eigenvalue weighted by Gasteiger charge is 2.07. The molecular weight excluding hydrogens is 188 g/mol. The van der Waals surface area contributed by atoms with E-state index in [4.69, 9.17) is 4.74 Å². The summed E-state index contributed by atoms with van der Waals surface area (Å²) in [5, 5.41) is 0. The van der Waals surface area contributed by atoms with E-state index < -0.39 is 0 Å². The van der Waals surface area contributed by atoms with Gasteiger partial charge in [-0.1, -0.05) is 11.6 Å². The van der Waals surface area contributed by atoms with E-state index in [-0.39, 0.29) is 0 Å². The second-order valence-electron chi connectivity index (χ2n) is 3.71. The summed E-state index contributed by atoms with van der Waals surface area (Å²) in [5.74, 6) is 0.774. The van der Waals surface area contributed by atoms with Crippen LogP contribution in [0.25, 0.3) is 5.57 Å². The van der Waals surface area contributed by atoms with Crippen LogP contribution in [-0.4, -0.2) is 13.4 Å². The lowest BCUT2D eigenvalue weighted by molar-refractivity contribution is -0.103. The molecule has 2 nitrogen and oxygen atoms in total. The highest BCUT2D eigenvalue weighted by atomic mass is 16.5. The molecule has 0 amide bonds. The van der Waals surface area contributed by atoms with Gasteiger partial charge >= 0.3 is 0 Å². The van der Waals surface area contributed by atoms with E-state index in [0.717, 1.165) is 34.3 Å². The largest absolute Gasteiger partial charge is 0.497 e. The summed E-state index contributed by atoms with van der Waals surface area (Å²) >= 11 is 0. The predicted molar refractivity (Wildman–Crippen MR) is 62.1 cm³/mol. The molecule has 0 unspecified atom stereocenters. The van der Waals surface area contributed by atoms with Crippen molar-refractivity contribution in [3.05, 3.63) is 34.9 Å². The molecule has 0 bridgehead atoms. The van der Waals surface area contributed by atoms with Crippen molar-refractivity contribution in [1.82, 2.24) is 0 Å². The summed E-state index contributed by atoms with van der Waals surface area (Å²) in [7, 11) is 1.62. The van der Waals surface area contributed by atoms with Gasteiger partial charge in [-0.3, -0.25) is 4.79 Å². The fourth-order valence-electron chi connectivity index (χ4n) is 1.47. The zero-order chi connectivity index (χ0) is 11.4. The molecular formula is C13H16O2. The van der Waals surface area contributed by atoms with Gasteiger partial charge in [-0.25, -0.2) is 0 Å². The van der Waals surface area contributed by atoms with Gasteiger partial charge < -0.3 is 4.74 Å². The Morgan fingerprint density at radius 2 is 2.00 bits per heavy atom. The molecule has 0 saturated carbocycles. The molecule has 0 fully saturated rings. The van der Waals surface area contributed by atoms with Crippen molar-refractivity contribution in [2.24, 2.45) is 0 Å². The van der Waals surface area contributed by atoms with Gasteiger partial charge in [-0.15, -0.1) is 0 Å². The van der Waals surface area contributed by atoms with Crippen molar-refractivity contribution in [1.29, 1.82) is 0 Å². The van der Waals surface area contributed by atoms with Crippen LogP contribution in [0.4, 0.5) is 0 Å². The third-order valence-corrected chi connectivity index (χ3v) is 2.39. The molecule has 0 spiro atoms. The van der Waals surface area contributed by atoms with E-state index >= 15 is 0 Å². The smallest absolute Gasteiger partial charge is 0.150 e. The van der Waals surface area contributed by atoms with Gasteiger partial charge in [0.15, 0.2) is 6.29 Å². The minimum absolute atomic E-state index is 0.742. The van der Waals surface area contributed by atoms with Gasteiger partial charge in [-0.05, 0) is 44.0 Å². The molecule has 0 aromatic heterocycles. The molecule has 0 aliphatic heterocycles. The Bertz CT molecular complexity index is 399. The summed E-state index contributed by atoms with van der Waals surface area (Å²) in [6.45, 7) is 5.85. The number of methoxy groups -OCH3 is 1. The molecule has 0 aliphatic carbocycles. The Labute approximate surface area is 90.6 Å². The molecule has 0 atom stereocenters. The van der Waals surface area contributed by atoms with E-state index in [0.29, 0.717) is 0 Å². The lowest BCUT2D eigenvalue weighted by atomic mass is 9.98. The SMILES string of the molecule is COc1ccc(C)c(C(C=O)=C(C)C)c1. The first-order valence-electron chi connectivity index (χ1n) is 4.87. The lowest BCUT2D eigenvalue weighted by Gasteiger charge is -2.09. The van der Waals surface area contributed by atoms with Crippen molar-refractivity contribution in [2.45, 2.75) is 20.8 Å². The first-order chi connectivity index (χ1) is 7.10. The minimum Gasteiger partial charge on any atom is -0.497 e. The highest BCUT2D eigenvalue weighted by molar-refractivity contribution is 6.08. The number of aldehydes is 1. The Hall–Kier alpha value is -1.57. The molecule has 2 heteroatoms. The van der Waals surface area contributed by atoms with Crippen LogP contribution in [0.15, 0.2) is 23.8 Å². The number of hydrogen-bond donors (Lipinski definition) is 0. The van der Waals surface area contributed by atoms with Crippen molar-refractivity contribution in [3.8, 4) is 5.75 Å². The third kappa shape index (κ3) is 2.46. The number of rotatable bonds is 3. The van der Waals surface area contributed by atoms with Crippen molar-refractivity contribution in [3.63, 3.8) is 0 Å². The maximum atomic E-state index is 11.0. The normalized spacial score (nSPS) is 9.60. The molecule has 0 aliphatic rings. The van der Waals surface area contributed by atoms with Gasteiger partial charge in [0.25, 0.3) is 0 Å². The molecule has 15 heavy (non-hydrogen) atoms. The quantitative estimate of drug-likeness (QED) is 0.559. The van der Waals surface area contributed by atoms with Gasteiger partial charge in [0, 0.05) is 5.57 Å². The van der Waals surface area contributed by atoms with Crippen LogP contribution in [0.1, 0.15) is 25.0 Å². The van der Waals surface area contributed by atoms with E-state index in [2.05, 4.69) is 0 Å². The highest BCUT2D eigenvalue weighted by Crippen LogP contribution is 2.24. The van der Waals surface area contributed by atoms with Gasteiger partial charge in [0.05, 0.1) is 7.11 Å². The Morgan fingerprint density at radius 3 is 2.47 bits per heavy atom. The zero-order valence-corrected chi connectivity index (χ0v) is 9.63. The molecule has 0 N–H and O–H groups in total. The Balaban J connectivity index is 3.35. The molecule has 0 saturated heterocycles. The molecule has 1 aromatic carbocycles. The average Bonchev–Trinajstić information content (AvgIpc) is 2.21. The molecule has 1 rings (SSSR count). The van der Waals surface area contributed by atoms with E-state index in [9.17, 15) is 4.79 Å². The molecule has 80 valence electrons. The fourth-order valence-corrected chi connectivity index (χ4v) is 1.47. The van der Waals surface area contributed by atoms with Crippen molar-refractivity contribution in [2.75, 3.05) is 7.11 Å². The summed E-state index contributed by atoms with van der Waals surface area (Å²) in [6.07, 6.45) is 0.900. The number of allylic oxidation sites excluding steroid dienone is 2. The van der Waals surface area contributed by atoms with Crippen LogP contribution in [-0.2, 0) is 4.79 Å². The number of benzene rings is 1. The Kier molecular flexibility index (Phi) is 3.67. The van der Waals surface area contributed by atoms with Crippen LogP contribution in [0.3, 0.4) is 0 Å². The molecule has 0 heterocycles. The molecule has 0 radical (unpaired) electrons. The fraction of sp³-hybridized carbons (Fsp3) is 0.308. The second kappa shape index (κ2) is 4.78. The van der Waals surface area contributed by atoms with E-state index in [1.54, 1.807) is 7.11 Å². The lowest BCUT2D eigenvalue weighted by Crippen LogP contribution is -1.94. The second-order valence-corrected chi connectivity index (χ2v) is 3.71. The molecule has 1 aromatic rings. The average molecular weight is 204 g/mol. The predicted octanol–water partition coefficient (Wildman–Crippen LogP) is 3.00. The van der Waals surface area contributed by atoms with Gasteiger partial charge in [0.2, 0.25) is 0 Å². The van der Waals surface area contributed by atoms with Crippen molar-refractivity contribution < 1.29 is 9.53 Å². The number of carbonyl (C=O) groups excluding carboxylic acids is 1.